The minimum Gasteiger partial charge on any atom is -0.377 e. The van der Waals surface area contributed by atoms with Crippen molar-refractivity contribution in [2.24, 2.45) is 0 Å². The Balaban J connectivity index is 1.58. The topological polar surface area (TPSA) is 78.5 Å². The summed E-state index contributed by atoms with van der Waals surface area (Å²) in [7, 11) is 1.83. The van der Waals surface area contributed by atoms with Crippen LogP contribution in [0.5, 0.6) is 0 Å². The number of allylic oxidation sites excluding steroid dienone is 1. The molecule has 1 amide bonds. The van der Waals surface area contributed by atoms with Gasteiger partial charge in [0.15, 0.2) is 0 Å². The molecular weight excluding hydrogens is 494 g/mol. The van der Waals surface area contributed by atoms with Crippen LogP contribution in [0.15, 0.2) is 89.3 Å². The molecule has 1 aliphatic carbocycles. The van der Waals surface area contributed by atoms with Gasteiger partial charge >= 0.3 is 0 Å². The van der Waals surface area contributed by atoms with Crippen molar-refractivity contribution >= 4 is 43.7 Å². The Kier molecular flexibility index (Phi) is 5.67. The SMILES string of the molecule is CNS(=O)(=O)c1ccc2c(c1)C(C1C(C)=C(c3ccc(N(C)C)c4ccccc34)c3ccccc31)C(=O)N2. The number of carbonyl (C=O) groups excluding carboxylic acids is 1. The highest BCUT2D eigenvalue weighted by molar-refractivity contribution is 7.89. The van der Waals surface area contributed by atoms with Crippen LogP contribution in [-0.4, -0.2) is 35.5 Å². The molecular formula is C31H29N3O3S. The number of rotatable bonds is 5. The second-order valence-corrected chi connectivity index (χ2v) is 12.0. The third kappa shape index (κ3) is 3.57. The predicted molar refractivity (Wildman–Crippen MR) is 153 cm³/mol. The van der Waals surface area contributed by atoms with Gasteiger partial charge in [0.2, 0.25) is 15.9 Å². The Morgan fingerprint density at radius 1 is 0.816 bits per heavy atom. The Labute approximate surface area is 223 Å². The zero-order valence-corrected chi connectivity index (χ0v) is 22.6. The number of nitrogens with zero attached hydrogens (tertiary/aromatic N) is 1. The molecule has 6 nitrogen and oxygen atoms in total. The molecule has 4 aromatic carbocycles. The molecule has 0 saturated heterocycles. The average molecular weight is 524 g/mol. The monoisotopic (exact) mass is 523 g/mol. The maximum absolute atomic E-state index is 13.5. The standard InChI is InChI=1S/C31H29N3O3S/c1-18-28(24-14-16-27(34(3)4)21-10-6-5-9-20(21)24)22-11-7-8-12-23(22)29(18)30-25-17-19(38(36,37)32-2)13-15-26(25)33-31(30)35/h5-17,29-30,32H,1-4H3,(H,33,35). The molecule has 2 aliphatic rings. The number of hydrogen-bond donors (Lipinski definition) is 2. The van der Waals surface area contributed by atoms with Gasteiger partial charge in [0.05, 0.1) is 10.8 Å². The van der Waals surface area contributed by atoms with Crippen LogP contribution in [0.2, 0.25) is 0 Å². The third-order valence-electron chi connectivity index (χ3n) is 7.89. The summed E-state index contributed by atoms with van der Waals surface area (Å²) in [5.74, 6) is -0.877. The molecule has 0 saturated carbocycles. The molecule has 1 heterocycles. The van der Waals surface area contributed by atoms with Crippen molar-refractivity contribution in [2.45, 2.75) is 23.7 Å². The normalized spacial score (nSPS) is 18.5. The van der Waals surface area contributed by atoms with Crippen molar-refractivity contribution in [3.05, 3.63) is 107 Å². The van der Waals surface area contributed by atoms with Gasteiger partial charge in [-0.05, 0) is 71.5 Å². The minimum atomic E-state index is -3.65. The number of fused-ring (bicyclic) bond motifs is 3. The molecule has 0 radical (unpaired) electrons. The van der Waals surface area contributed by atoms with Crippen LogP contribution in [0.1, 0.15) is 41.0 Å². The van der Waals surface area contributed by atoms with Gasteiger partial charge in [0, 0.05) is 36.8 Å². The molecule has 0 fully saturated rings. The molecule has 6 rings (SSSR count). The van der Waals surface area contributed by atoms with Crippen molar-refractivity contribution in [1.82, 2.24) is 4.72 Å². The van der Waals surface area contributed by atoms with Gasteiger partial charge in [-0.1, -0.05) is 60.2 Å². The second kappa shape index (κ2) is 8.82. The van der Waals surface area contributed by atoms with E-state index in [1.54, 1.807) is 12.1 Å². The van der Waals surface area contributed by atoms with Crippen LogP contribution in [0.25, 0.3) is 16.3 Å². The molecule has 2 atom stereocenters. The van der Waals surface area contributed by atoms with Gasteiger partial charge in [0.1, 0.15) is 0 Å². The lowest BCUT2D eigenvalue weighted by atomic mass is 9.80. The van der Waals surface area contributed by atoms with E-state index >= 15 is 0 Å². The summed E-state index contributed by atoms with van der Waals surface area (Å²) in [6, 6.07) is 25.9. The summed E-state index contributed by atoms with van der Waals surface area (Å²) in [5.41, 5.74) is 8.07. The largest absolute Gasteiger partial charge is 0.377 e. The fraction of sp³-hybridized carbons (Fsp3) is 0.194. The van der Waals surface area contributed by atoms with E-state index < -0.39 is 15.9 Å². The zero-order chi connectivity index (χ0) is 26.8. The molecule has 0 aromatic heterocycles. The molecule has 0 bridgehead atoms. The van der Waals surface area contributed by atoms with E-state index in [-0.39, 0.29) is 16.7 Å². The van der Waals surface area contributed by atoms with Crippen LogP contribution in [-0.2, 0) is 14.8 Å². The van der Waals surface area contributed by atoms with E-state index in [1.165, 1.54) is 18.5 Å². The Morgan fingerprint density at radius 3 is 2.26 bits per heavy atom. The summed E-state index contributed by atoms with van der Waals surface area (Å²) < 4.78 is 27.5. The average Bonchev–Trinajstić information content (AvgIpc) is 3.39. The summed E-state index contributed by atoms with van der Waals surface area (Å²) in [6.45, 7) is 2.11. The Hall–Kier alpha value is -3.94. The number of sulfonamides is 1. The fourth-order valence-corrected chi connectivity index (χ4v) is 6.92. The molecule has 1 aliphatic heterocycles. The molecule has 192 valence electrons. The van der Waals surface area contributed by atoms with E-state index in [0.29, 0.717) is 11.3 Å². The number of carbonyl (C=O) groups is 1. The lowest BCUT2D eigenvalue weighted by Crippen LogP contribution is -2.20. The predicted octanol–water partition coefficient (Wildman–Crippen LogP) is 5.47. The molecule has 2 unspecified atom stereocenters. The first-order valence-corrected chi connectivity index (χ1v) is 14.1. The molecule has 0 spiro atoms. The summed E-state index contributed by atoms with van der Waals surface area (Å²) >= 11 is 0. The van der Waals surface area contributed by atoms with Crippen LogP contribution < -0.4 is 14.9 Å². The van der Waals surface area contributed by atoms with Gasteiger partial charge < -0.3 is 10.2 Å². The van der Waals surface area contributed by atoms with Crippen LogP contribution >= 0.6 is 0 Å². The highest BCUT2D eigenvalue weighted by Gasteiger charge is 2.43. The van der Waals surface area contributed by atoms with E-state index in [0.717, 1.165) is 38.9 Å². The molecule has 4 aromatic rings. The van der Waals surface area contributed by atoms with Gasteiger partial charge in [-0.25, -0.2) is 13.1 Å². The van der Waals surface area contributed by atoms with Crippen molar-refractivity contribution in [2.75, 3.05) is 31.4 Å². The lowest BCUT2D eigenvalue weighted by molar-refractivity contribution is -0.117. The molecule has 7 heteroatoms. The molecule has 38 heavy (non-hydrogen) atoms. The first kappa shape index (κ1) is 24.4. The van der Waals surface area contributed by atoms with Gasteiger partial charge in [-0.2, -0.15) is 0 Å². The number of hydrogen-bond acceptors (Lipinski definition) is 4. The first-order valence-electron chi connectivity index (χ1n) is 12.6. The van der Waals surface area contributed by atoms with E-state index in [4.69, 9.17) is 0 Å². The number of benzene rings is 4. The van der Waals surface area contributed by atoms with Crippen LogP contribution in [0.3, 0.4) is 0 Å². The van der Waals surface area contributed by atoms with Crippen LogP contribution in [0, 0.1) is 0 Å². The smallest absolute Gasteiger partial charge is 0.240 e. The van der Waals surface area contributed by atoms with E-state index in [9.17, 15) is 13.2 Å². The van der Waals surface area contributed by atoms with Crippen molar-refractivity contribution in [3.8, 4) is 0 Å². The number of nitrogens with one attached hydrogen (secondary N) is 2. The van der Waals surface area contributed by atoms with Crippen molar-refractivity contribution in [3.63, 3.8) is 0 Å². The first-order chi connectivity index (χ1) is 18.2. The molecule has 2 N–H and O–H groups in total. The van der Waals surface area contributed by atoms with Gasteiger partial charge in [0.25, 0.3) is 0 Å². The van der Waals surface area contributed by atoms with Crippen LogP contribution in [0.4, 0.5) is 11.4 Å². The number of anilines is 2. The van der Waals surface area contributed by atoms with Gasteiger partial charge in [-0.3, -0.25) is 4.79 Å². The Bertz CT molecular complexity index is 1770. The second-order valence-electron chi connectivity index (χ2n) is 10.1. The third-order valence-corrected chi connectivity index (χ3v) is 9.30. The fourth-order valence-electron chi connectivity index (χ4n) is 6.15. The summed E-state index contributed by atoms with van der Waals surface area (Å²) in [5, 5.41) is 5.32. The van der Waals surface area contributed by atoms with E-state index in [1.807, 2.05) is 26.2 Å². The minimum absolute atomic E-state index is 0.118. The highest BCUT2D eigenvalue weighted by Crippen LogP contribution is 2.54. The maximum Gasteiger partial charge on any atom is 0.240 e. The Morgan fingerprint density at radius 2 is 1.53 bits per heavy atom. The maximum atomic E-state index is 13.5. The van der Waals surface area contributed by atoms with Crippen molar-refractivity contribution < 1.29 is 13.2 Å². The lowest BCUT2D eigenvalue weighted by Gasteiger charge is -2.21. The van der Waals surface area contributed by atoms with Crippen molar-refractivity contribution in [1.29, 1.82) is 0 Å². The van der Waals surface area contributed by atoms with Gasteiger partial charge in [-0.15, -0.1) is 0 Å². The van der Waals surface area contributed by atoms with E-state index in [2.05, 4.69) is 70.4 Å². The quantitative estimate of drug-likeness (QED) is 0.364. The number of amides is 1. The highest BCUT2D eigenvalue weighted by atomic mass is 32.2. The zero-order valence-electron chi connectivity index (χ0n) is 21.7. The summed E-state index contributed by atoms with van der Waals surface area (Å²) in [4.78, 5) is 15.7. The summed E-state index contributed by atoms with van der Waals surface area (Å²) in [6.07, 6.45) is 0.